The first-order valence-electron chi connectivity index (χ1n) is 0. The topological polar surface area (TPSA) is 0 Å². The molecule has 0 aromatic carbocycles. The van der Waals surface area contributed by atoms with Crippen LogP contribution in [0, 0.1) is 0 Å². The zero-order chi connectivity index (χ0) is 0. The Labute approximate surface area is 77.6 Å². The molecule has 0 amide bonds. The first-order valence-corrected chi connectivity index (χ1v) is 0. The maximum absolute atomic E-state index is 0. The minimum Gasteiger partial charge on any atom is 0 e. The first-order chi connectivity index (χ1) is 0. The predicted molar refractivity (Wildman–Crippen MR) is 5.75 cm³/mol. The summed E-state index contributed by atoms with van der Waals surface area (Å²) in [6.07, 6.45) is 0. The SMILES string of the molecule is [Al].[Mo].[Ti].[V]. The third-order valence-corrected chi connectivity index (χ3v) is 0. The predicted octanol–water partition coefficient (Wildman–Crippen LogP) is -0.388. The van der Waals surface area contributed by atoms with Crippen LogP contribution in [0.15, 0.2) is 0 Å². The van der Waals surface area contributed by atoms with Gasteiger partial charge in [0, 0.05) is 78.7 Å². The molecule has 4 radical (unpaired) electrons. The molecule has 0 bridgehead atoms. The Morgan fingerprint density at radius 1 is 1.00 bits per heavy atom. The van der Waals surface area contributed by atoms with Gasteiger partial charge in [-0.05, 0) is 0 Å². The largest absolute Gasteiger partial charge is 0 e. The molecule has 0 aromatic heterocycles. The van der Waals surface area contributed by atoms with E-state index in [1.54, 1.807) is 0 Å². The molecule has 0 fully saturated rings. The molecule has 0 aliphatic rings. The summed E-state index contributed by atoms with van der Waals surface area (Å²) in [7, 11) is 0. The maximum atomic E-state index is 0. The van der Waals surface area contributed by atoms with Gasteiger partial charge >= 0.3 is 0 Å². The van der Waals surface area contributed by atoms with Crippen LogP contribution in [-0.2, 0) is 61.3 Å². The van der Waals surface area contributed by atoms with Crippen molar-refractivity contribution in [3.8, 4) is 0 Å². The Balaban J connectivity index is 0. The van der Waals surface area contributed by atoms with Gasteiger partial charge in [-0.3, -0.25) is 0 Å². The van der Waals surface area contributed by atoms with E-state index in [0.717, 1.165) is 0 Å². The first kappa shape index (κ1) is 31.3. The van der Waals surface area contributed by atoms with E-state index in [0.29, 0.717) is 0 Å². The van der Waals surface area contributed by atoms with Gasteiger partial charge < -0.3 is 0 Å². The van der Waals surface area contributed by atoms with Crippen LogP contribution in [0.5, 0.6) is 0 Å². The van der Waals surface area contributed by atoms with E-state index >= 15 is 0 Å². The molecular weight excluding hydrogens is 222 g/mol. The average Bonchev–Trinajstić information content (AvgIpc) is 0. The Morgan fingerprint density at radius 3 is 1.00 bits per heavy atom. The van der Waals surface area contributed by atoms with Gasteiger partial charge in [0.25, 0.3) is 0 Å². The summed E-state index contributed by atoms with van der Waals surface area (Å²) in [5, 5.41) is 0. The van der Waals surface area contributed by atoms with E-state index in [4.69, 9.17) is 0 Å². The van der Waals surface area contributed by atoms with Crippen molar-refractivity contribution in [3.05, 3.63) is 0 Å². The zero-order valence-corrected chi connectivity index (χ0v) is 8.05. The number of hydrogen-bond acceptors (Lipinski definition) is 0. The second kappa shape index (κ2) is 17.8. The molecule has 4 heteroatoms. The van der Waals surface area contributed by atoms with Crippen LogP contribution >= 0.6 is 0 Å². The van der Waals surface area contributed by atoms with E-state index in [9.17, 15) is 0 Å². The number of rotatable bonds is 0. The van der Waals surface area contributed by atoms with Crippen LogP contribution < -0.4 is 0 Å². The van der Waals surface area contributed by atoms with Crippen LogP contribution in [0.25, 0.3) is 0 Å². The molecule has 0 aromatic rings. The van der Waals surface area contributed by atoms with E-state index in [-0.39, 0.29) is 78.7 Å². The minimum absolute atomic E-state index is 0. The van der Waals surface area contributed by atoms with Crippen molar-refractivity contribution in [2.24, 2.45) is 0 Å². The fourth-order valence-corrected chi connectivity index (χ4v) is 0. The van der Waals surface area contributed by atoms with Gasteiger partial charge in [0.1, 0.15) is 0 Å². The molecule has 0 saturated heterocycles. The van der Waals surface area contributed by atoms with Gasteiger partial charge in [-0.25, -0.2) is 0 Å². The molecule has 0 spiro atoms. The summed E-state index contributed by atoms with van der Waals surface area (Å²) in [6, 6.07) is 0. The third kappa shape index (κ3) is 8.82. The average molecular weight is 222 g/mol. The summed E-state index contributed by atoms with van der Waals surface area (Å²) in [5.74, 6) is 0. The molecule has 0 aliphatic heterocycles. The van der Waals surface area contributed by atoms with Gasteiger partial charge in [-0.2, -0.15) is 0 Å². The fourth-order valence-electron chi connectivity index (χ4n) is 0. The monoisotopic (exact) mass is 224 g/mol. The molecule has 18 valence electrons. The Kier molecular flexibility index (Phi) is 139. The molecule has 0 unspecified atom stereocenters. The summed E-state index contributed by atoms with van der Waals surface area (Å²) in [5.41, 5.74) is 0. The van der Waals surface area contributed by atoms with Crippen molar-refractivity contribution in [3.63, 3.8) is 0 Å². The fraction of sp³-hybridized carbons (Fsp3) is 0. The molecule has 0 heterocycles. The summed E-state index contributed by atoms with van der Waals surface area (Å²) < 4.78 is 0. The Hall–Kier alpha value is 2.52. The van der Waals surface area contributed by atoms with Crippen molar-refractivity contribution in [1.29, 1.82) is 0 Å². The van der Waals surface area contributed by atoms with E-state index in [2.05, 4.69) is 0 Å². The summed E-state index contributed by atoms with van der Waals surface area (Å²) >= 11 is 0. The molecular formula is AlMoTiV. The second-order valence-corrected chi connectivity index (χ2v) is 0. The maximum Gasteiger partial charge on any atom is 0 e. The van der Waals surface area contributed by atoms with E-state index in [1.165, 1.54) is 0 Å². The van der Waals surface area contributed by atoms with Crippen molar-refractivity contribution in [2.75, 3.05) is 0 Å². The van der Waals surface area contributed by atoms with Crippen LogP contribution in [0.4, 0.5) is 0 Å². The Bertz CT molecular complexity index is 8.00. The Morgan fingerprint density at radius 2 is 1.00 bits per heavy atom. The van der Waals surface area contributed by atoms with Crippen LogP contribution in [-0.4, -0.2) is 17.4 Å². The third-order valence-electron chi connectivity index (χ3n) is 0. The van der Waals surface area contributed by atoms with Gasteiger partial charge in [-0.15, -0.1) is 0 Å². The van der Waals surface area contributed by atoms with Crippen molar-refractivity contribution in [2.45, 2.75) is 0 Å². The smallest absolute Gasteiger partial charge is 0 e. The van der Waals surface area contributed by atoms with Crippen molar-refractivity contribution in [1.82, 2.24) is 0 Å². The minimum atomic E-state index is 0. The molecule has 0 N–H and O–H groups in total. The van der Waals surface area contributed by atoms with Crippen LogP contribution in [0.3, 0.4) is 0 Å². The van der Waals surface area contributed by atoms with Crippen molar-refractivity contribution >= 4 is 17.4 Å². The van der Waals surface area contributed by atoms with E-state index < -0.39 is 0 Å². The van der Waals surface area contributed by atoms with Crippen LogP contribution in [0.1, 0.15) is 0 Å². The molecule has 0 rings (SSSR count). The van der Waals surface area contributed by atoms with Gasteiger partial charge in [0.15, 0.2) is 0 Å². The normalized spacial score (nSPS) is 0. The van der Waals surface area contributed by atoms with Crippen LogP contribution in [0.2, 0.25) is 0 Å². The molecule has 0 nitrogen and oxygen atoms in total. The summed E-state index contributed by atoms with van der Waals surface area (Å²) in [4.78, 5) is 0. The zero-order valence-electron chi connectivity index (χ0n) is 1.93. The quantitative estimate of drug-likeness (QED) is 0.489. The van der Waals surface area contributed by atoms with Gasteiger partial charge in [0.2, 0.25) is 0 Å². The van der Waals surface area contributed by atoms with E-state index in [1.807, 2.05) is 0 Å². The molecule has 0 aliphatic carbocycles. The number of hydrogen-bond donors (Lipinski definition) is 0. The van der Waals surface area contributed by atoms with Gasteiger partial charge in [-0.1, -0.05) is 0 Å². The molecule has 0 atom stereocenters. The standard InChI is InChI=1S/Al.Mo.Ti.V. The summed E-state index contributed by atoms with van der Waals surface area (Å²) in [6.45, 7) is 0. The molecule has 4 heavy (non-hydrogen) atoms. The van der Waals surface area contributed by atoms with Crippen molar-refractivity contribution < 1.29 is 61.3 Å². The van der Waals surface area contributed by atoms with Gasteiger partial charge in [0.05, 0.1) is 0 Å². The second-order valence-electron chi connectivity index (χ2n) is 0. The molecule has 0 saturated carbocycles.